The summed E-state index contributed by atoms with van der Waals surface area (Å²) >= 11 is 0. The van der Waals surface area contributed by atoms with Crippen LogP contribution < -0.4 is 5.56 Å². The summed E-state index contributed by atoms with van der Waals surface area (Å²) in [6.07, 6.45) is 2.18. The number of pyridine rings is 1. The van der Waals surface area contributed by atoms with Crippen molar-refractivity contribution in [3.05, 3.63) is 81.9 Å². The Morgan fingerprint density at radius 1 is 1.18 bits per heavy atom. The van der Waals surface area contributed by atoms with Crippen LogP contribution in [0.5, 0.6) is 0 Å². The molecule has 3 aromatic rings. The van der Waals surface area contributed by atoms with Gasteiger partial charge < -0.3 is 0 Å². The summed E-state index contributed by atoms with van der Waals surface area (Å²) < 4.78 is 31.1. The molecule has 0 spiro atoms. The van der Waals surface area contributed by atoms with Gasteiger partial charge in [0, 0.05) is 25.4 Å². The number of aromatic nitrogens is 2. The Labute approximate surface area is 161 Å². The zero-order valence-electron chi connectivity index (χ0n) is 15.6. The van der Waals surface area contributed by atoms with Crippen molar-refractivity contribution in [1.82, 2.24) is 14.3 Å². The molecule has 6 heteroatoms. The van der Waals surface area contributed by atoms with E-state index in [2.05, 4.69) is 4.98 Å². The number of hydrogen-bond donors (Lipinski definition) is 0. The third kappa shape index (κ3) is 2.44. The SMILES string of the molecule is Cc1ccc2nc(CN3CCC4(c5ccccc5)C(C3)C4(F)F)cc(=O)n2c1. The van der Waals surface area contributed by atoms with E-state index in [4.69, 9.17) is 0 Å². The molecule has 1 saturated heterocycles. The van der Waals surface area contributed by atoms with Crippen LogP contribution in [0.4, 0.5) is 8.78 Å². The van der Waals surface area contributed by atoms with E-state index in [9.17, 15) is 13.6 Å². The van der Waals surface area contributed by atoms with E-state index in [0.29, 0.717) is 37.4 Å². The first kappa shape index (κ1) is 17.5. The van der Waals surface area contributed by atoms with E-state index in [1.54, 1.807) is 6.20 Å². The van der Waals surface area contributed by atoms with Gasteiger partial charge in [-0.15, -0.1) is 0 Å². The molecule has 3 heterocycles. The number of hydrogen-bond acceptors (Lipinski definition) is 3. The molecule has 0 amide bonds. The van der Waals surface area contributed by atoms with E-state index in [-0.39, 0.29) is 5.56 Å². The summed E-state index contributed by atoms with van der Waals surface area (Å²) in [5.74, 6) is -3.36. The van der Waals surface area contributed by atoms with Crippen molar-refractivity contribution in [2.24, 2.45) is 5.92 Å². The lowest BCUT2D eigenvalue weighted by Crippen LogP contribution is -2.36. The number of likely N-dealkylation sites (tertiary alicyclic amines) is 1. The maximum Gasteiger partial charge on any atom is 0.263 e. The van der Waals surface area contributed by atoms with Crippen LogP contribution in [0.2, 0.25) is 0 Å². The minimum Gasteiger partial charge on any atom is -0.297 e. The summed E-state index contributed by atoms with van der Waals surface area (Å²) in [7, 11) is 0. The molecular weight excluding hydrogens is 360 g/mol. The minimum atomic E-state index is -2.68. The second kappa shape index (κ2) is 5.95. The Morgan fingerprint density at radius 2 is 1.96 bits per heavy atom. The van der Waals surface area contributed by atoms with E-state index in [0.717, 1.165) is 11.1 Å². The number of fused-ring (bicyclic) bond motifs is 2. The van der Waals surface area contributed by atoms with Gasteiger partial charge in [0.1, 0.15) is 5.65 Å². The van der Waals surface area contributed by atoms with Crippen LogP contribution >= 0.6 is 0 Å². The fraction of sp³-hybridized carbons (Fsp3) is 0.364. The van der Waals surface area contributed by atoms with Crippen LogP contribution in [0.3, 0.4) is 0 Å². The van der Waals surface area contributed by atoms with Gasteiger partial charge in [-0.05, 0) is 37.1 Å². The average molecular weight is 381 g/mol. The predicted molar refractivity (Wildman–Crippen MR) is 103 cm³/mol. The number of benzene rings is 1. The molecule has 0 N–H and O–H groups in total. The maximum atomic E-state index is 14.8. The van der Waals surface area contributed by atoms with Crippen molar-refractivity contribution in [1.29, 1.82) is 0 Å². The quantitative estimate of drug-likeness (QED) is 0.698. The van der Waals surface area contributed by atoms with E-state index in [1.807, 2.05) is 54.3 Å². The molecule has 4 nitrogen and oxygen atoms in total. The molecule has 2 fully saturated rings. The molecule has 28 heavy (non-hydrogen) atoms. The van der Waals surface area contributed by atoms with Crippen LogP contribution in [-0.2, 0) is 12.0 Å². The van der Waals surface area contributed by atoms with Crippen molar-refractivity contribution in [2.45, 2.75) is 31.2 Å². The summed E-state index contributed by atoms with van der Waals surface area (Å²) in [5.41, 5.74) is 1.76. The van der Waals surface area contributed by atoms with Gasteiger partial charge in [0.2, 0.25) is 0 Å². The lowest BCUT2D eigenvalue weighted by molar-refractivity contribution is 0.0772. The largest absolute Gasteiger partial charge is 0.297 e. The molecule has 1 aliphatic heterocycles. The average Bonchev–Trinajstić information content (AvgIpc) is 3.19. The number of halogens is 2. The number of rotatable bonds is 3. The molecule has 144 valence electrons. The number of nitrogens with zero attached hydrogens (tertiary/aromatic N) is 3. The summed E-state index contributed by atoms with van der Waals surface area (Å²) in [5, 5.41) is 0. The second-order valence-corrected chi connectivity index (χ2v) is 8.02. The van der Waals surface area contributed by atoms with Crippen LogP contribution in [0.1, 0.15) is 23.2 Å². The molecule has 2 atom stereocenters. The van der Waals surface area contributed by atoms with Crippen LogP contribution in [0.15, 0.2) is 59.5 Å². The molecule has 1 saturated carbocycles. The van der Waals surface area contributed by atoms with Gasteiger partial charge >= 0.3 is 0 Å². The van der Waals surface area contributed by atoms with Crippen molar-refractivity contribution in [3.8, 4) is 0 Å². The van der Waals surface area contributed by atoms with Crippen LogP contribution in [0, 0.1) is 12.8 Å². The highest BCUT2D eigenvalue weighted by Gasteiger charge is 2.81. The lowest BCUT2D eigenvalue weighted by atomic mass is 9.87. The molecular formula is C22H21F2N3O. The van der Waals surface area contributed by atoms with E-state index in [1.165, 1.54) is 10.5 Å². The van der Waals surface area contributed by atoms with Gasteiger partial charge in [0.15, 0.2) is 0 Å². The number of aryl methyl sites for hydroxylation is 1. The van der Waals surface area contributed by atoms with Gasteiger partial charge in [-0.2, -0.15) is 0 Å². The molecule has 1 aliphatic carbocycles. The Balaban J connectivity index is 1.39. The summed E-state index contributed by atoms with van der Waals surface area (Å²) in [6, 6.07) is 14.4. The Kier molecular flexibility index (Phi) is 3.72. The first-order valence-electron chi connectivity index (χ1n) is 9.56. The number of piperidine rings is 1. The fourth-order valence-electron chi connectivity index (χ4n) is 4.81. The van der Waals surface area contributed by atoms with E-state index >= 15 is 0 Å². The van der Waals surface area contributed by atoms with Crippen LogP contribution in [-0.4, -0.2) is 33.3 Å². The maximum absolute atomic E-state index is 14.8. The third-order valence-electron chi connectivity index (χ3n) is 6.34. The normalized spacial score (nSPS) is 26.2. The molecule has 2 aromatic heterocycles. The van der Waals surface area contributed by atoms with Gasteiger partial charge in [-0.1, -0.05) is 36.4 Å². The molecule has 0 radical (unpaired) electrons. The standard InChI is InChI=1S/C22H21F2N3O/c1-15-7-8-19-25-17(11-20(28)27(19)12-15)13-26-10-9-21(16-5-3-2-4-6-16)18(14-26)22(21,23)24/h2-8,11-12,18H,9-10,13-14H2,1H3. The highest BCUT2D eigenvalue weighted by Crippen LogP contribution is 2.70. The lowest BCUT2D eigenvalue weighted by Gasteiger charge is -2.30. The first-order valence-corrected chi connectivity index (χ1v) is 9.56. The third-order valence-corrected chi connectivity index (χ3v) is 6.34. The van der Waals surface area contributed by atoms with Crippen molar-refractivity contribution in [2.75, 3.05) is 13.1 Å². The van der Waals surface area contributed by atoms with E-state index < -0.39 is 17.3 Å². The smallest absolute Gasteiger partial charge is 0.263 e. The zero-order chi connectivity index (χ0) is 19.5. The molecule has 0 bridgehead atoms. The van der Waals surface area contributed by atoms with Gasteiger partial charge in [0.25, 0.3) is 11.5 Å². The topological polar surface area (TPSA) is 37.6 Å². The van der Waals surface area contributed by atoms with Crippen molar-refractivity contribution >= 4 is 5.65 Å². The molecule has 5 rings (SSSR count). The minimum absolute atomic E-state index is 0.143. The molecule has 2 aliphatic rings. The van der Waals surface area contributed by atoms with Crippen molar-refractivity contribution < 1.29 is 8.78 Å². The number of alkyl halides is 2. The van der Waals surface area contributed by atoms with Gasteiger partial charge in [-0.25, -0.2) is 13.8 Å². The van der Waals surface area contributed by atoms with Crippen LogP contribution in [0.25, 0.3) is 5.65 Å². The Hall–Kier alpha value is -2.60. The predicted octanol–water partition coefficient (Wildman–Crippen LogP) is 3.41. The van der Waals surface area contributed by atoms with Gasteiger partial charge in [-0.3, -0.25) is 14.1 Å². The summed E-state index contributed by atoms with van der Waals surface area (Å²) in [4.78, 5) is 18.9. The highest BCUT2D eigenvalue weighted by atomic mass is 19.3. The molecule has 1 aromatic carbocycles. The second-order valence-electron chi connectivity index (χ2n) is 8.02. The zero-order valence-corrected chi connectivity index (χ0v) is 15.6. The van der Waals surface area contributed by atoms with Gasteiger partial charge in [0.05, 0.1) is 17.0 Å². The fourth-order valence-corrected chi connectivity index (χ4v) is 4.81. The Morgan fingerprint density at radius 3 is 2.71 bits per heavy atom. The van der Waals surface area contributed by atoms with Crippen molar-refractivity contribution in [3.63, 3.8) is 0 Å². The summed E-state index contributed by atoms with van der Waals surface area (Å²) in [6.45, 7) is 3.21. The highest BCUT2D eigenvalue weighted by molar-refractivity contribution is 5.43. The molecule has 2 unspecified atom stereocenters. The first-order chi connectivity index (χ1) is 13.4. The monoisotopic (exact) mass is 381 g/mol. The Bertz CT molecular complexity index is 1110.